The first-order valence-corrected chi connectivity index (χ1v) is 8.89. The maximum absolute atomic E-state index is 6.01. The minimum absolute atomic E-state index is 0.0418. The van der Waals surface area contributed by atoms with Crippen LogP contribution in [0.2, 0.25) is 0 Å². The minimum atomic E-state index is -0.0418. The number of benzene rings is 1. The molecule has 3 aromatic rings. The third kappa shape index (κ3) is 3.22. The largest absolute Gasteiger partial charge is 0.494 e. The van der Waals surface area contributed by atoms with Gasteiger partial charge in [-0.2, -0.15) is 10.1 Å². The van der Waals surface area contributed by atoms with Gasteiger partial charge in [-0.15, -0.1) is 0 Å². The second-order valence-electron chi connectivity index (χ2n) is 6.62. The van der Waals surface area contributed by atoms with Crippen molar-refractivity contribution in [3.63, 3.8) is 0 Å². The summed E-state index contributed by atoms with van der Waals surface area (Å²) in [5.41, 5.74) is 2.80. The Labute approximate surface area is 151 Å². The molecule has 1 aliphatic heterocycles. The van der Waals surface area contributed by atoms with Gasteiger partial charge in [-0.1, -0.05) is 31.1 Å². The van der Waals surface area contributed by atoms with E-state index in [1.807, 2.05) is 55.8 Å². The average molecular weight is 354 g/mol. The molecule has 0 bridgehead atoms. The Balaban J connectivity index is 1.52. The molecule has 0 fully saturated rings. The molecule has 0 unspecified atom stereocenters. The van der Waals surface area contributed by atoms with E-state index in [1.165, 1.54) is 0 Å². The van der Waals surface area contributed by atoms with Crippen LogP contribution in [0.25, 0.3) is 11.6 Å². The summed E-state index contributed by atoms with van der Waals surface area (Å²) in [4.78, 5) is 4.42. The summed E-state index contributed by atoms with van der Waals surface area (Å²) < 4.78 is 18.8. The second kappa shape index (κ2) is 6.92. The van der Waals surface area contributed by atoms with Gasteiger partial charge in [0.1, 0.15) is 11.9 Å². The highest BCUT2D eigenvalue weighted by Gasteiger charge is 2.24. The van der Waals surface area contributed by atoms with Crippen molar-refractivity contribution < 1.29 is 14.0 Å². The van der Waals surface area contributed by atoms with E-state index in [-0.39, 0.29) is 12.0 Å². The fourth-order valence-electron chi connectivity index (χ4n) is 2.95. The third-order valence-corrected chi connectivity index (χ3v) is 4.37. The highest BCUT2D eigenvalue weighted by atomic mass is 16.5. The number of ether oxygens (including phenoxy) is 2. The summed E-state index contributed by atoms with van der Waals surface area (Å²) in [7, 11) is 0. The standard InChI is InChI=1S/C19H22N4O3/c1-4-24-15-7-5-13(6-8-15)17-10-23-14(11-25-17)9-16(21-23)19-20-18(12(2)3)22-26-19/h5-9,12,17H,4,10-11H2,1-3H3/t17-/m1/s1. The molecule has 0 saturated heterocycles. The number of nitrogens with zero attached hydrogens (tertiary/aromatic N) is 4. The Hall–Kier alpha value is -2.67. The Morgan fingerprint density at radius 3 is 2.77 bits per heavy atom. The first kappa shape index (κ1) is 16.8. The van der Waals surface area contributed by atoms with Crippen LogP contribution in [0.5, 0.6) is 5.75 Å². The van der Waals surface area contributed by atoms with Crippen molar-refractivity contribution in [2.75, 3.05) is 6.61 Å². The summed E-state index contributed by atoms with van der Waals surface area (Å²) in [5, 5.41) is 8.64. The number of fused-ring (bicyclic) bond motifs is 1. The van der Waals surface area contributed by atoms with E-state index in [4.69, 9.17) is 14.0 Å². The van der Waals surface area contributed by atoms with Crippen molar-refractivity contribution in [3.8, 4) is 17.3 Å². The molecule has 3 heterocycles. The molecule has 2 aromatic heterocycles. The fraction of sp³-hybridized carbons (Fsp3) is 0.421. The van der Waals surface area contributed by atoms with Crippen LogP contribution in [-0.4, -0.2) is 26.5 Å². The number of aromatic nitrogens is 4. The molecule has 0 amide bonds. The van der Waals surface area contributed by atoms with Crippen LogP contribution >= 0.6 is 0 Å². The zero-order chi connectivity index (χ0) is 18.1. The van der Waals surface area contributed by atoms with Crippen molar-refractivity contribution in [2.24, 2.45) is 0 Å². The monoisotopic (exact) mass is 354 g/mol. The first-order valence-electron chi connectivity index (χ1n) is 8.89. The molecule has 136 valence electrons. The Bertz CT molecular complexity index is 883. The SMILES string of the molecule is CCOc1ccc([C@H]2Cn3nc(-c4nc(C(C)C)no4)cc3CO2)cc1. The van der Waals surface area contributed by atoms with E-state index in [1.54, 1.807) is 0 Å². The quantitative estimate of drug-likeness (QED) is 0.695. The molecule has 1 aromatic carbocycles. The van der Waals surface area contributed by atoms with E-state index in [9.17, 15) is 0 Å². The van der Waals surface area contributed by atoms with E-state index >= 15 is 0 Å². The summed E-state index contributed by atoms with van der Waals surface area (Å²) in [6, 6.07) is 9.97. The summed E-state index contributed by atoms with van der Waals surface area (Å²) in [6.07, 6.45) is -0.0418. The first-order chi connectivity index (χ1) is 12.6. The molecule has 0 saturated carbocycles. The fourth-order valence-corrected chi connectivity index (χ4v) is 2.95. The maximum Gasteiger partial charge on any atom is 0.278 e. The zero-order valence-corrected chi connectivity index (χ0v) is 15.2. The van der Waals surface area contributed by atoms with Crippen molar-refractivity contribution in [1.82, 2.24) is 19.9 Å². The molecular formula is C19H22N4O3. The van der Waals surface area contributed by atoms with Crippen molar-refractivity contribution in [1.29, 1.82) is 0 Å². The van der Waals surface area contributed by atoms with Gasteiger partial charge in [0.15, 0.2) is 11.5 Å². The van der Waals surface area contributed by atoms with E-state index in [0.29, 0.717) is 37.2 Å². The number of hydrogen-bond acceptors (Lipinski definition) is 6. The Morgan fingerprint density at radius 1 is 1.27 bits per heavy atom. The molecule has 4 rings (SSSR count). The van der Waals surface area contributed by atoms with Crippen LogP contribution in [0, 0.1) is 0 Å². The molecule has 1 atom stereocenters. The molecule has 26 heavy (non-hydrogen) atoms. The van der Waals surface area contributed by atoms with Gasteiger partial charge in [0, 0.05) is 5.92 Å². The van der Waals surface area contributed by atoms with Gasteiger partial charge in [0.2, 0.25) is 0 Å². The average Bonchev–Trinajstić information content (AvgIpc) is 3.29. The summed E-state index contributed by atoms with van der Waals surface area (Å²) in [5.74, 6) is 2.23. The lowest BCUT2D eigenvalue weighted by atomic mass is 10.1. The van der Waals surface area contributed by atoms with Gasteiger partial charge in [0.25, 0.3) is 5.89 Å². The molecule has 0 radical (unpaired) electrons. The minimum Gasteiger partial charge on any atom is -0.494 e. The van der Waals surface area contributed by atoms with Crippen molar-refractivity contribution in [2.45, 2.75) is 45.9 Å². The maximum atomic E-state index is 6.01. The molecule has 0 spiro atoms. The van der Waals surface area contributed by atoms with Crippen molar-refractivity contribution in [3.05, 3.63) is 47.4 Å². The Kier molecular flexibility index (Phi) is 4.46. The topological polar surface area (TPSA) is 75.2 Å². The van der Waals surface area contributed by atoms with Gasteiger partial charge in [0.05, 0.1) is 25.5 Å². The molecule has 0 aliphatic carbocycles. The molecule has 1 aliphatic rings. The predicted molar refractivity (Wildman–Crippen MR) is 94.7 cm³/mol. The van der Waals surface area contributed by atoms with Crippen LogP contribution in [0.4, 0.5) is 0 Å². The van der Waals surface area contributed by atoms with Crippen LogP contribution in [0.3, 0.4) is 0 Å². The van der Waals surface area contributed by atoms with Crippen molar-refractivity contribution >= 4 is 0 Å². The lowest BCUT2D eigenvalue weighted by Gasteiger charge is -2.24. The number of rotatable bonds is 5. The lowest BCUT2D eigenvalue weighted by Crippen LogP contribution is -2.21. The number of hydrogen-bond donors (Lipinski definition) is 0. The summed E-state index contributed by atoms with van der Waals surface area (Å²) >= 11 is 0. The smallest absolute Gasteiger partial charge is 0.278 e. The predicted octanol–water partition coefficient (Wildman–Crippen LogP) is 3.73. The van der Waals surface area contributed by atoms with E-state index in [2.05, 4.69) is 15.2 Å². The molecular weight excluding hydrogens is 332 g/mol. The second-order valence-corrected chi connectivity index (χ2v) is 6.62. The highest BCUT2D eigenvalue weighted by molar-refractivity contribution is 5.47. The third-order valence-electron chi connectivity index (χ3n) is 4.37. The molecule has 7 heteroatoms. The molecule has 0 N–H and O–H groups in total. The van der Waals surface area contributed by atoms with Gasteiger partial charge < -0.3 is 14.0 Å². The van der Waals surface area contributed by atoms with Gasteiger partial charge in [-0.05, 0) is 30.7 Å². The van der Waals surface area contributed by atoms with E-state index in [0.717, 1.165) is 17.0 Å². The highest BCUT2D eigenvalue weighted by Crippen LogP contribution is 2.29. The normalized spacial score (nSPS) is 16.7. The summed E-state index contributed by atoms with van der Waals surface area (Å²) in [6.45, 7) is 7.84. The van der Waals surface area contributed by atoms with Crippen LogP contribution in [-0.2, 0) is 17.9 Å². The lowest BCUT2D eigenvalue weighted by molar-refractivity contribution is -0.00115. The van der Waals surface area contributed by atoms with Crippen LogP contribution in [0.15, 0.2) is 34.9 Å². The van der Waals surface area contributed by atoms with Gasteiger partial charge >= 0.3 is 0 Å². The molecule has 7 nitrogen and oxygen atoms in total. The van der Waals surface area contributed by atoms with Gasteiger partial charge in [-0.25, -0.2) is 0 Å². The van der Waals surface area contributed by atoms with Crippen LogP contribution in [0.1, 0.15) is 49.9 Å². The van der Waals surface area contributed by atoms with Gasteiger partial charge in [-0.3, -0.25) is 4.68 Å². The zero-order valence-electron chi connectivity index (χ0n) is 15.2. The van der Waals surface area contributed by atoms with Crippen LogP contribution < -0.4 is 4.74 Å². The Morgan fingerprint density at radius 2 is 2.08 bits per heavy atom. The van der Waals surface area contributed by atoms with E-state index < -0.39 is 0 Å².